The van der Waals surface area contributed by atoms with E-state index in [9.17, 15) is 9.59 Å². The van der Waals surface area contributed by atoms with E-state index in [0.29, 0.717) is 5.69 Å². The van der Waals surface area contributed by atoms with Crippen LogP contribution in [0.15, 0.2) is 59.5 Å². The number of hydrogen-bond acceptors (Lipinski definition) is 3. The van der Waals surface area contributed by atoms with Gasteiger partial charge in [-0.3, -0.25) is 9.59 Å². The zero-order chi connectivity index (χ0) is 18.0. The van der Waals surface area contributed by atoms with Crippen molar-refractivity contribution in [3.63, 3.8) is 0 Å². The summed E-state index contributed by atoms with van der Waals surface area (Å²) in [5.41, 5.74) is 4.20. The van der Waals surface area contributed by atoms with Gasteiger partial charge in [-0.2, -0.15) is 5.10 Å². The van der Waals surface area contributed by atoms with Crippen LogP contribution in [0.25, 0.3) is 5.69 Å². The molecule has 1 N–H and O–H groups in total. The summed E-state index contributed by atoms with van der Waals surface area (Å²) in [5, 5.41) is 6.94. The first-order valence-electron chi connectivity index (χ1n) is 8.00. The number of anilines is 1. The second-order valence-electron chi connectivity index (χ2n) is 6.06. The minimum Gasteiger partial charge on any atom is -0.320 e. The fourth-order valence-corrected chi connectivity index (χ4v) is 2.42. The molecule has 0 aliphatic heterocycles. The van der Waals surface area contributed by atoms with Crippen LogP contribution in [0.1, 0.15) is 27.2 Å². The first-order valence-corrected chi connectivity index (χ1v) is 8.00. The first kappa shape index (κ1) is 16.6. The number of carbonyl (C=O) groups excluding carboxylic acids is 1. The number of amides is 1. The van der Waals surface area contributed by atoms with E-state index in [4.69, 9.17) is 0 Å². The highest BCUT2D eigenvalue weighted by Crippen LogP contribution is 2.14. The summed E-state index contributed by atoms with van der Waals surface area (Å²) in [6, 6.07) is 14.6. The van der Waals surface area contributed by atoms with Gasteiger partial charge >= 0.3 is 0 Å². The van der Waals surface area contributed by atoms with Crippen molar-refractivity contribution < 1.29 is 4.79 Å². The van der Waals surface area contributed by atoms with Gasteiger partial charge in [-0.1, -0.05) is 23.8 Å². The molecule has 0 saturated heterocycles. The van der Waals surface area contributed by atoms with Gasteiger partial charge in [0.25, 0.3) is 5.91 Å². The lowest BCUT2D eigenvalue weighted by Gasteiger charge is -2.09. The third-order valence-electron chi connectivity index (χ3n) is 4.09. The van der Waals surface area contributed by atoms with Crippen molar-refractivity contribution in [1.29, 1.82) is 0 Å². The van der Waals surface area contributed by atoms with E-state index in [0.717, 1.165) is 22.4 Å². The summed E-state index contributed by atoms with van der Waals surface area (Å²) in [5.74, 6) is -0.519. The Morgan fingerprint density at radius 3 is 2.36 bits per heavy atom. The van der Waals surface area contributed by atoms with Crippen molar-refractivity contribution in [2.24, 2.45) is 0 Å². The third-order valence-corrected chi connectivity index (χ3v) is 4.09. The van der Waals surface area contributed by atoms with Crippen LogP contribution in [0.4, 0.5) is 5.69 Å². The molecule has 0 saturated carbocycles. The maximum absolute atomic E-state index is 12.5. The van der Waals surface area contributed by atoms with Crippen LogP contribution in [-0.4, -0.2) is 15.7 Å². The smallest absolute Gasteiger partial charge is 0.280 e. The minimum absolute atomic E-state index is 0.138. The van der Waals surface area contributed by atoms with Crippen molar-refractivity contribution in [2.75, 3.05) is 5.32 Å². The van der Waals surface area contributed by atoms with E-state index in [1.54, 1.807) is 6.20 Å². The molecule has 5 heteroatoms. The molecule has 0 aliphatic rings. The van der Waals surface area contributed by atoms with Crippen molar-refractivity contribution in [3.05, 3.63) is 87.3 Å². The molecule has 2 aromatic carbocycles. The van der Waals surface area contributed by atoms with Crippen molar-refractivity contribution in [3.8, 4) is 5.69 Å². The van der Waals surface area contributed by atoms with E-state index >= 15 is 0 Å². The Labute approximate surface area is 145 Å². The number of hydrogen-bond donors (Lipinski definition) is 1. The summed E-state index contributed by atoms with van der Waals surface area (Å²) in [6.45, 7) is 5.96. The van der Waals surface area contributed by atoms with E-state index in [1.165, 1.54) is 10.7 Å². The Balaban J connectivity index is 1.91. The molecule has 0 radical (unpaired) electrons. The van der Waals surface area contributed by atoms with Crippen LogP contribution in [-0.2, 0) is 0 Å². The quantitative estimate of drug-likeness (QED) is 0.799. The molecule has 1 amide bonds. The van der Waals surface area contributed by atoms with Gasteiger partial charge in [0, 0.05) is 18.0 Å². The molecule has 0 bridgehead atoms. The maximum atomic E-state index is 12.5. The molecule has 1 aromatic heterocycles. The van der Waals surface area contributed by atoms with Crippen molar-refractivity contribution in [2.45, 2.75) is 20.8 Å². The zero-order valence-corrected chi connectivity index (χ0v) is 14.4. The lowest BCUT2D eigenvalue weighted by molar-refractivity contribution is 0.101. The van der Waals surface area contributed by atoms with Gasteiger partial charge in [-0.15, -0.1) is 0 Å². The molecule has 0 spiro atoms. The summed E-state index contributed by atoms with van der Waals surface area (Å²) in [7, 11) is 0. The van der Waals surface area contributed by atoms with Gasteiger partial charge in [0.05, 0.1) is 5.69 Å². The van der Waals surface area contributed by atoms with E-state index < -0.39 is 11.3 Å². The van der Waals surface area contributed by atoms with Gasteiger partial charge in [0.15, 0.2) is 5.69 Å². The molecular weight excluding hydrogens is 314 g/mol. The fourth-order valence-electron chi connectivity index (χ4n) is 2.42. The summed E-state index contributed by atoms with van der Waals surface area (Å²) < 4.78 is 1.52. The molecule has 0 unspecified atom stereocenters. The van der Waals surface area contributed by atoms with E-state index in [1.807, 2.05) is 63.2 Å². The van der Waals surface area contributed by atoms with Gasteiger partial charge in [0.1, 0.15) is 0 Å². The highest BCUT2D eigenvalue weighted by molar-refractivity contribution is 6.02. The second kappa shape index (κ2) is 6.73. The van der Waals surface area contributed by atoms with Gasteiger partial charge < -0.3 is 5.32 Å². The number of nitrogens with one attached hydrogen (secondary N) is 1. The van der Waals surface area contributed by atoms with Crippen LogP contribution in [0.2, 0.25) is 0 Å². The number of nitrogens with zero attached hydrogens (tertiary/aromatic N) is 2. The molecule has 5 nitrogen and oxygen atoms in total. The predicted molar refractivity (Wildman–Crippen MR) is 98.4 cm³/mol. The van der Waals surface area contributed by atoms with Crippen LogP contribution < -0.4 is 10.7 Å². The Hall–Kier alpha value is -3.21. The predicted octanol–water partition coefficient (Wildman–Crippen LogP) is 3.41. The summed E-state index contributed by atoms with van der Waals surface area (Å²) in [4.78, 5) is 24.6. The first-order chi connectivity index (χ1) is 11.9. The monoisotopic (exact) mass is 333 g/mol. The van der Waals surface area contributed by atoms with Gasteiger partial charge in [-0.05, 0) is 56.2 Å². The number of benzene rings is 2. The van der Waals surface area contributed by atoms with Crippen LogP contribution in [0, 0.1) is 20.8 Å². The Kier molecular flexibility index (Phi) is 4.48. The lowest BCUT2D eigenvalue weighted by Crippen LogP contribution is -2.25. The number of aryl methyl sites for hydroxylation is 3. The van der Waals surface area contributed by atoms with Crippen LogP contribution in [0.5, 0.6) is 0 Å². The van der Waals surface area contributed by atoms with Gasteiger partial charge in [0.2, 0.25) is 5.43 Å². The highest BCUT2D eigenvalue weighted by Gasteiger charge is 2.14. The van der Waals surface area contributed by atoms with E-state index in [2.05, 4.69) is 10.4 Å². The second-order valence-corrected chi connectivity index (χ2v) is 6.06. The number of rotatable bonds is 3. The lowest BCUT2D eigenvalue weighted by atomic mass is 10.1. The molecule has 0 fully saturated rings. The standard InChI is InChI=1S/C20H19N3O2/c1-13-4-8-17(9-5-13)23-11-10-18(24)19(22-23)20(25)21-16-7-6-14(2)15(3)12-16/h4-12H,1-3H3,(H,21,25). The number of carbonyl (C=O) groups is 1. The summed E-state index contributed by atoms with van der Waals surface area (Å²) >= 11 is 0. The Morgan fingerprint density at radius 2 is 1.68 bits per heavy atom. The van der Waals surface area contributed by atoms with Crippen molar-refractivity contribution in [1.82, 2.24) is 9.78 Å². The molecule has 0 aliphatic carbocycles. The maximum Gasteiger partial charge on any atom is 0.280 e. The highest BCUT2D eigenvalue weighted by atomic mass is 16.2. The van der Waals surface area contributed by atoms with Crippen molar-refractivity contribution >= 4 is 11.6 Å². The van der Waals surface area contributed by atoms with Crippen LogP contribution in [0.3, 0.4) is 0 Å². The number of aromatic nitrogens is 2. The average molecular weight is 333 g/mol. The largest absolute Gasteiger partial charge is 0.320 e. The normalized spacial score (nSPS) is 10.5. The Morgan fingerprint density at radius 1 is 0.960 bits per heavy atom. The molecular formula is C20H19N3O2. The van der Waals surface area contributed by atoms with E-state index in [-0.39, 0.29) is 5.69 Å². The third kappa shape index (κ3) is 3.66. The Bertz CT molecular complexity index is 989. The molecule has 126 valence electrons. The fraction of sp³-hybridized carbons (Fsp3) is 0.150. The zero-order valence-electron chi connectivity index (χ0n) is 14.4. The SMILES string of the molecule is Cc1ccc(-n2ccc(=O)c(C(=O)Nc3ccc(C)c(C)c3)n2)cc1. The minimum atomic E-state index is -0.519. The van der Waals surface area contributed by atoms with Crippen LogP contribution >= 0.6 is 0 Å². The summed E-state index contributed by atoms with van der Waals surface area (Å²) in [6.07, 6.45) is 1.56. The molecule has 3 aromatic rings. The topological polar surface area (TPSA) is 64.0 Å². The van der Waals surface area contributed by atoms with Gasteiger partial charge in [-0.25, -0.2) is 4.68 Å². The molecule has 3 rings (SSSR count). The molecule has 0 atom stereocenters. The molecule has 1 heterocycles. The average Bonchev–Trinajstić information content (AvgIpc) is 2.59. The molecule has 25 heavy (non-hydrogen) atoms.